The van der Waals surface area contributed by atoms with E-state index in [1.807, 2.05) is 22.6 Å². The molecule has 0 saturated carbocycles. The van der Waals surface area contributed by atoms with E-state index in [1.165, 1.54) is 13.0 Å². The minimum absolute atomic E-state index is 0.140. The second-order valence-electron chi connectivity index (χ2n) is 6.26. The number of carbonyl (C=O) groups is 2. The summed E-state index contributed by atoms with van der Waals surface area (Å²) in [5, 5.41) is 13.1. The number of nitrogens with zero attached hydrogens (tertiary/aromatic N) is 1. The van der Waals surface area contributed by atoms with Gasteiger partial charge in [0.15, 0.2) is 5.78 Å². The Kier molecular flexibility index (Phi) is 5.64. The number of nitrogens with one attached hydrogen (secondary N) is 1. The van der Waals surface area contributed by atoms with Crippen LogP contribution in [0.3, 0.4) is 0 Å². The number of halogens is 2. The fourth-order valence-electron chi connectivity index (χ4n) is 2.99. The molecule has 2 heterocycles. The lowest BCUT2D eigenvalue weighted by Gasteiger charge is -2.17. The lowest BCUT2D eigenvalue weighted by Crippen LogP contribution is -2.30. The first-order valence-electron chi connectivity index (χ1n) is 8.11. The minimum Gasteiger partial charge on any atom is -0.391 e. The molecule has 1 saturated heterocycles. The molecule has 1 aromatic carbocycles. The summed E-state index contributed by atoms with van der Waals surface area (Å²) >= 11 is 3.17. The van der Waals surface area contributed by atoms with Gasteiger partial charge in [0, 0.05) is 16.7 Å². The maximum Gasteiger partial charge on any atom is 0.257 e. The summed E-state index contributed by atoms with van der Waals surface area (Å²) in [6, 6.07) is 4.76. The van der Waals surface area contributed by atoms with E-state index in [0.717, 1.165) is 14.9 Å². The quantitative estimate of drug-likeness (QED) is 0.505. The fourth-order valence-corrected chi connectivity index (χ4v) is 4.55. The zero-order valence-electron chi connectivity index (χ0n) is 14.3. The van der Waals surface area contributed by atoms with Crippen LogP contribution >= 0.6 is 33.9 Å². The van der Waals surface area contributed by atoms with Gasteiger partial charge in [-0.15, -0.1) is 11.3 Å². The van der Waals surface area contributed by atoms with Crippen LogP contribution in [0.4, 0.5) is 15.1 Å². The number of carbonyl (C=O) groups excluding carboxylic acids is 2. The molecule has 26 heavy (non-hydrogen) atoms. The molecule has 0 bridgehead atoms. The van der Waals surface area contributed by atoms with Crippen LogP contribution in [-0.2, 0) is 0 Å². The highest BCUT2D eigenvalue weighted by molar-refractivity contribution is 14.1. The molecule has 2 aromatic rings. The highest BCUT2D eigenvalue weighted by atomic mass is 127. The van der Waals surface area contributed by atoms with Gasteiger partial charge in [-0.05, 0) is 66.6 Å². The number of aliphatic hydroxyl groups excluding tert-OH is 1. The van der Waals surface area contributed by atoms with E-state index in [4.69, 9.17) is 0 Å². The summed E-state index contributed by atoms with van der Waals surface area (Å²) in [7, 11) is 0. The fraction of sp³-hybridized carbons (Fsp3) is 0.333. The predicted octanol–water partition coefficient (Wildman–Crippen LogP) is 3.95. The van der Waals surface area contributed by atoms with E-state index >= 15 is 0 Å². The van der Waals surface area contributed by atoms with Crippen molar-refractivity contribution in [3.63, 3.8) is 0 Å². The maximum atomic E-state index is 14.2. The van der Waals surface area contributed by atoms with Crippen molar-refractivity contribution in [2.75, 3.05) is 18.4 Å². The molecule has 1 aromatic heterocycles. The van der Waals surface area contributed by atoms with E-state index in [2.05, 4.69) is 5.32 Å². The Hall–Kier alpha value is -1.52. The van der Waals surface area contributed by atoms with Crippen LogP contribution in [0.15, 0.2) is 18.2 Å². The van der Waals surface area contributed by atoms with Gasteiger partial charge in [0.05, 0.1) is 22.2 Å². The van der Waals surface area contributed by atoms with Crippen LogP contribution in [0.2, 0.25) is 0 Å². The first-order chi connectivity index (χ1) is 12.3. The van der Waals surface area contributed by atoms with Gasteiger partial charge in [0.1, 0.15) is 10.8 Å². The topological polar surface area (TPSA) is 69.6 Å². The van der Waals surface area contributed by atoms with Crippen molar-refractivity contribution in [3.8, 4) is 0 Å². The SMILES string of the molecule is CC(=O)c1sc(Nc2ccc(I)cc2F)c(C(=O)N2CC[C@@H](O)C2)c1C. The highest BCUT2D eigenvalue weighted by Crippen LogP contribution is 2.37. The van der Waals surface area contributed by atoms with E-state index in [1.54, 1.807) is 24.0 Å². The number of likely N-dealkylation sites (tertiary alicyclic amines) is 1. The third-order valence-electron chi connectivity index (χ3n) is 4.31. The van der Waals surface area contributed by atoms with Crippen LogP contribution in [0.5, 0.6) is 0 Å². The molecule has 1 aliphatic rings. The molecule has 2 N–H and O–H groups in total. The van der Waals surface area contributed by atoms with Crippen molar-refractivity contribution in [2.24, 2.45) is 0 Å². The summed E-state index contributed by atoms with van der Waals surface area (Å²) in [5.41, 5.74) is 1.20. The number of thiophene rings is 1. The molecular weight excluding hydrogens is 470 g/mol. The van der Waals surface area contributed by atoms with Crippen LogP contribution in [0.1, 0.15) is 38.9 Å². The van der Waals surface area contributed by atoms with Gasteiger partial charge in [0.25, 0.3) is 5.91 Å². The summed E-state index contributed by atoms with van der Waals surface area (Å²) in [6.07, 6.45) is -0.00145. The molecular formula is C18H18FIN2O3S. The maximum absolute atomic E-state index is 14.2. The number of aliphatic hydroxyl groups is 1. The zero-order chi connectivity index (χ0) is 19.0. The first-order valence-corrected chi connectivity index (χ1v) is 10.0. The standard InChI is InChI=1S/C18H18FIN2O3S/c1-9-15(18(25)22-6-5-12(24)8-22)17(26-16(9)10(2)23)21-14-4-3-11(20)7-13(14)19/h3-4,7,12,21,24H,5-6,8H2,1-2H3/t12-/m1/s1. The van der Waals surface area contributed by atoms with Gasteiger partial charge in [-0.1, -0.05) is 0 Å². The summed E-state index contributed by atoms with van der Waals surface area (Å²) in [6.45, 7) is 3.90. The highest BCUT2D eigenvalue weighted by Gasteiger charge is 2.31. The molecule has 5 nitrogen and oxygen atoms in total. The van der Waals surface area contributed by atoms with E-state index in [0.29, 0.717) is 34.0 Å². The van der Waals surface area contributed by atoms with E-state index in [-0.39, 0.29) is 23.9 Å². The molecule has 8 heteroatoms. The smallest absolute Gasteiger partial charge is 0.257 e. The van der Waals surface area contributed by atoms with Gasteiger partial charge >= 0.3 is 0 Å². The molecule has 1 atom stereocenters. The summed E-state index contributed by atoms with van der Waals surface area (Å²) in [4.78, 5) is 27.0. The number of ketones is 1. The average molecular weight is 488 g/mol. The van der Waals surface area contributed by atoms with Crippen LogP contribution < -0.4 is 5.32 Å². The van der Waals surface area contributed by atoms with Crippen molar-refractivity contribution in [3.05, 3.63) is 43.6 Å². The average Bonchev–Trinajstić information content (AvgIpc) is 3.13. The summed E-state index contributed by atoms with van der Waals surface area (Å²) in [5.74, 6) is -0.822. The number of benzene rings is 1. The molecule has 138 valence electrons. The van der Waals surface area contributed by atoms with Crippen molar-refractivity contribution in [1.29, 1.82) is 0 Å². The second-order valence-corrected chi connectivity index (χ2v) is 8.53. The molecule has 0 unspecified atom stereocenters. The van der Waals surface area contributed by atoms with Crippen molar-refractivity contribution in [1.82, 2.24) is 4.90 Å². The monoisotopic (exact) mass is 488 g/mol. The van der Waals surface area contributed by atoms with Gasteiger partial charge in [-0.25, -0.2) is 4.39 Å². The minimum atomic E-state index is -0.532. The molecule has 3 rings (SSSR count). The Morgan fingerprint density at radius 2 is 2.15 bits per heavy atom. The van der Waals surface area contributed by atoms with Crippen molar-refractivity contribution in [2.45, 2.75) is 26.4 Å². The molecule has 0 aliphatic carbocycles. The molecule has 1 amide bonds. The normalized spacial score (nSPS) is 16.8. The number of hydrogen-bond donors (Lipinski definition) is 2. The number of hydrogen-bond acceptors (Lipinski definition) is 5. The lowest BCUT2D eigenvalue weighted by atomic mass is 10.1. The van der Waals surface area contributed by atoms with Gasteiger partial charge in [-0.3, -0.25) is 9.59 Å². The number of β-amino-alcohol motifs (C(OH)–C–C–N with tert-alkyl or cyclic N) is 1. The van der Waals surface area contributed by atoms with Gasteiger partial charge in [0.2, 0.25) is 0 Å². The largest absolute Gasteiger partial charge is 0.391 e. The Balaban J connectivity index is 2.02. The summed E-state index contributed by atoms with van der Waals surface area (Å²) < 4.78 is 15.0. The van der Waals surface area contributed by atoms with Crippen LogP contribution in [0, 0.1) is 16.3 Å². The Bertz CT molecular complexity index is 884. The number of anilines is 2. The molecule has 0 radical (unpaired) electrons. The van der Waals surface area contributed by atoms with E-state index < -0.39 is 11.9 Å². The van der Waals surface area contributed by atoms with Gasteiger partial charge in [-0.2, -0.15) is 0 Å². The second kappa shape index (κ2) is 7.61. The Morgan fingerprint density at radius 1 is 1.42 bits per heavy atom. The van der Waals surface area contributed by atoms with Gasteiger partial charge < -0.3 is 15.3 Å². The molecule has 1 fully saturated rings. The van der Waals surface area contributed by atoms with E-state index in [9.17, 15) is 19.1 Å². The first kappa shape index (κ1) is 19.2. The van der Waals surface area contributed by atoms with Crippen LogP contribution in [0.25, 0.3) is 0 Å². The Labute approximate surface area is 168 Å². The number of Topliss-reactive ketones (excluding diaryl/α,β-unsaturated/α-hetero) is 1. The number of rotatable bonds is 4. The zero-order valence-corrected chi connectivity index (χ0v) is 17.3. The third kappa shape index (κ3) is 3.77. The lowest BCUT2D eigenvalue weighted by molar-refractivity contribution is 0.0765. The van der Waals surface area contributed by atoms with Crippen LogP contribution in [-0.4, -0.2) is 40.9 Å². The molecule has 1 aliphatic heterocycles. The molecule has 0 spiro atoms. The number of amides is 1. The van der Waals surface area contributed by atoms with Crippen molar-refractivity contribution < 1.29 is 19.1 Å². The predicted molar refractivity (Wildman–Crippen MR) is 108 cm³/mol. The van der Waals surface area contributed by atoms with Crippen molar-refractivity contribution >= 4 is 56.3 Å². The Morgan fingerprint density at radius 3 is 2.73 bits per heavy atom. The third-order valence-corrected chi connectivity index (χ3v) is 6.29.